The van der Waals surface area contributed by atoms with Gasteiger partial charge in [-0.3, -0.25) is 0 Å². The molecule has 1 rings (SSSR count). The number of aliphatic hydroxyl groups is 1. The Morgan fingerprint density at radius 3 is 2.81 bits per heavy atom. The molecular formula is C15H21Cl2NO3. The van der Waals surface area contributed by atoms with Crippen LogP contribution in [0.15, 0.2) is 30.4 Å². The van der Waals surface area contributed by atoms with E-state index in [0.29, 0.717) is 42.1 Å². The number of benzene rings is 1. The summed E-state index contributed by atoms with van der Waals surface area (Å²) >= 11 is 11.7. The molecule has 1 aromatic rings. The van der Waals surface area contributed by atoms with Gasteiger partial charge in [-0.25, -0.2) is 0 Å². The molecular weight excluding hydrogens is 313 g/mol. The molecule has 1 aromatic carbocycles. The molecule has 0 amide bonds. The minimum Gasteiger partial charge on any atom is -0.491 e. The van der Waals surface area contributed by atoms with Gasteiger partial charge in [0.15, 0.2) is 0 Å². The second kappa shape index (κ2) is 10.0. The van der Waals surface area contributed by atoms with Gasteiger partial charge >= 0.3 is 0 Å². The van der Waals surface area contributed by atoms with Gasteiger partial charge in [0.1, 0.15) is 18.5 Å². The van der Waals surface area contributed by atoms with Gasteiger partial charge in [-0.1, -0.05) is 35.4 Å². The van der Waals surface area contributed by atoms with Crippen LogP contribution in [-0.4, -0.2) is 44.1 Å². The summed E-state index contributed by atoms with van der Waals surface area (Å²) in [5.41, 5.74) is 0.991. The van der Waals surface area contributed by atoms with Gasteiger partial charge in [-0.15, -0.1) is 0 Å². The van der Waals surface area contributed by atoms with Crippen molar-refractivity contribution >= 4 is 23.2 Å². The number of hydrogen-bond acceptors (Lipinski definition) is 4. The van der Waals surface area contributed by atoms with Crippen LogP contribution >= 0.6 is 23.2 Å². The Bertz CT molecular complexity index is 455. The third-order valence-electron chi connectivity index (χ3n) is 2.49. The van der Waals surface area contributed by atoms with E-state index in [1.807, 2.05) is 6.92 Å². The molecule has 0 heterocycles. The van der Waals surface area contributed by atoms with E-state index in [4.69, 9.17) is 32.7 Å². The van der Waals surface area contributed by atoms with Gasteiger partial charge in [-0.2, -0.15) is 0 Å². The third-order valence-corrected chi connectivity index (χ3v) is 3.22. The van der Waals surface area contributed by atoms with E-state index >= 15 is 0 Å². The summed E-state index contributed by atoms with van der Waals surface area (Å²) in [7, 11) is 0. The second-order valence-corrected chi connectivity index (χ2v) is 5.57. The lowest BCUT2D eigenvalue weighted by Gasteiger charge is -2.13. The highest BCUT2D eigenvalue weighted by Crippen LogP contribution is 2.26. The van der Waals surface area contributed by atoms with E-state index in [1.54, 1.807) is 18.2 Å². The predicted molar refractivity (Wildman–Crippen MR) is 86.5 cm³/mol. The maximum absolute atomic E-state index is 9.78. The molecule has 0 spiro atoms. The van der Waals surface area contributed by atoms with E-state index in [2.05, 4.69) is 11.9 Å². The quantitative estimate of drug-likeness (QED) is 0.510. The highest BCUT2D eigenvalue weighted by atomic mass is 35.5. The van der Waals surface area contributed by atoms with Crippen LogP contribution in [0.5, 0.6) is 5.75 Å². The van der Waals surface area contributed by atoms with Crippen molar-refractivity contribution in [3.63, 3.8) is 0 Å². The second-order valence-electron chi connectivity index (χ2n) is 4.75. The van der Waals surface area contributed by atoms with E-state index < -0.39 is 6.10 Å². The number of rotatable bonds is 10. The zero-order valence-corrected chi connectivity index (χ0v) is 13.6. The zero-order chi connectivity index (χ0) is 15.7. The van der Waals surface area contributed by atoms with Crippen LogP contribution in [0, 0.1) is 0 Å². The van der Waals surface area contributed by atoms with Crippen molar-refractivity contribution in [3.05, 3.63) is 40.4 Å². The average Bonchev–Trinajstić information content (AvgIpc) is 2.43. The molecule has 0 bridgehead atoms. The van der Waals surface area contributed by atoms with Crippen molar-refractivity contribution in [3.8, 4) is 5.75 Å². The molecule has 6 heteroatoms. The Morgan fingerprint density at radius 1 is 1.38 bits per heavy atom. The van der Waals surface area contributed by atoms with Gasteiger partial charge < -0.3 is 19.9 Å². The van der Waals surface area contributed by atoms with Crippen LogP contribution < -0.4 is 10.1 Å². The van der Waals surface area contributed by atoms with Crippen molar-refractivity contribution in [2.24, 2.45) is 0 Å². The van der Waals surface area contributed by atoms with Crippen molar-refractivity contribution in [1.82, 2.24) is 5.32 Å². The van der Waals surface area contributed by atoms with Crippen LogP contribution in [0.4, 0.5) is 0 Å². The normalized spacial score (nSPS) is 12.2. The van der Waals surface area contributed by atoms with Crippen LogP contribution in [0.1, 0.15) is 6.92 Å². The predicted octanol–water partition coefficient (Wildman–Crippen LogP) is 2.92. The summed E-state index contributed by atoms with van der Waals surface area (Å²) in [6, 6.07) is 4.98. The lowest BCUT2D eigenvalue weighted by molar-refractivity contribution is 0.101. The van der Waals surface area contributed by atoms with Gasteiger partial charge in [0.2, 0.25) is 0 Å². The molecule has 1 atom stereocenters. The molecule has 118 valence electrons. The first kappa shape index (κ1) is 18.3. The monoisotopic (exact) mass is 333 g/mol. The summed E-state index contributed by atoms with van der Waals surface area (Å²) in [6.45, 7) is 8.07. The Morgan fingerprint density at radius 2 is 2.14 bits per heavy atom. The first-order valence-electron chi connectivity index (χ1n) is 6.68. The first-order chi connectivity index (χ1) is 9.99. The molecule has 0 radical (unpaired) electrons. The Hall–Kier alpha value is -0.780. The van der Waals surface area contributed by atoms with Gasteiger partial charge in [0.05, 0.1) is 23.3 Å². The largest absolute Gasteiger partial charge is 0.491 e. The minimum atomic E-state index is -0.611. The van der Waals surface area contributed by atoms with Gasteiger partial charge in [0.25, 0.3) is 0 Å². The van der Waals surface area contributed by atoms with E-state index in [0.717, 1.165) is 5.57 Å². The lowest BCUT2D eigenvalue weighted by atomic mass is 10.3. The van der Waals surface area contributed by atoms with Crippen molar-refractivity contribution in [2.45, 2.75) is 13.0 Å². The maximum atomic E-state index is 9.78. The molecule has 2 N–H and O–H groups in total. The third kappa shape index (κ3) is 8.29. The highest BCUT2D eigenvalue weighted by molar-refractivity contribution is 6.42. The molecule has 0 aliphatic heterocycles. The molecule has 1 unspecified atom stereocenters. The van der Waals surface area contributed by atoms with Crippen LogP contribution in [0.25, 0.3) is 0 Å². The molecule has 4 nitrogen and oxygen atoms in total. The summed E-state index contributed by atoms with van der Waals surface area (Å²) in [6.07, 6.45) is -0.611. The fourth-order valence-corrected chi connectivity index (χ4v) is 1.77. The Balaban J connectivity index is 2.12. The fraction of sp³-hybridized carbons (Fsp3) is 0.467. The average molecular weight is 334 g/mol. The Kier molecular flexibility index (Phi) is 8.73. The molecule has 0 aliphatic rings. The summed E-state index contributed by atoms with van der Waals surface area (Å²) in [4.78, 5) is 0. The van der Waals surface area contributed by atoms with Crippen molar-refractivity contribution < 1.29 is 14.6 Å². The number of aliphatic hydroxyl groups excluding tert-OH is 1. The number of nitrogens with one attached hydrogen (secondary N) is 1. The molecule has 0 saturated carbocycles. The van der Waals surface area contributed by atoms with Gasteiger partial charge in [0, 0.05) is 19.2 Å². The summed E-state index contributed by atoms with van der Waals surface area (Å²) in [5, 5.41) is 13.8. The Labute approximate surface area is 135 Å². The summed E-state index contributed by atoms with van der Waals surface area (Å²) in [5.74, 6) is 0.577. The zero-order valence-electron chi connectivity index (χ0n) is 12.1. The van der Waals surface area contributed by atoms with E-state index in [-0.39, 0.29) is 6.61 Å². The molecule has 0 fully saturated rings. The minimum absolute atomic E-state index is 0.178. The van der Waals surface area contributed by atoms with Crippen LogP contribution in [-0.2, 0) is 4.74 Å². The van der Waals surface area contributed by atoms with E-state index in [1.165, 1.54) is 0 Å². The highest BCUT2D eigenvalue weighted by Gasteiger charge is 2.06. The van der Waals surface area contributed by atoms with Crippen molar-refractivity contribution in [2.75, 3.05) is 32.9 Å². The van der Waals surface area contributed by atoms with Crippen molar-refractivity contribution in [1.29, 1.82) is 0 Å². The molecule has 0 saturated heterocycles. The number of hydrogen-bond donors (Lipinski definition) is 2. The topological polar surface area (TPSA) is 50.7 Å². The number of ether oxygens (including phenoxy) is 2. The molecule has 0 aliphatic carbocycles. The van der Waals surface area contributed by atoms with Gasteiger partial charge in [-0.05, 0) is 19.1 Å². The lowest BCUT2D eigenvalue weighted by Crippen LogP contribution is -2.33. The SMILES string of the molecule is C=C(C)COCCNCC(O)COc1ccc(Cl)c(Cl)c1. The summed E-state index contributed by atoms with van der Waals surface area (Å²) < 4.78 is 10.8. The number of halogens is 2. The molecule has 21 heavy (non-hydrogen) atoms. The smallest absolute Gasteiger partial charge is 0.121 e. The molecule has 0 aromatic heterocycles. The fourth-order valence-electron chi connectivity index (χ4n) is 1.48. The van der Waals surface area contributed by atoms with E-state index in [9.17, 15) is 5.11 Å². The van der Waals surface area contributed by atoms with Crippen LogP contribution in [0.3, 0.4) is 0 Å². The first-order valence-corrected chi connectivity index (χ1v) is 7.43. The van der Waals surface area contributed by atoms with Crippen LogP contribution in [0.2, 0.25) is 10.0 Å². The maximum Gasteiger partial charge on any atom is 0.121 e. The standard InChI is InChI=1S/C15H21Cl2NO3/c1-11(2)9-20-6-5-18-8-12(19)10-21-13-3-4-14(16)15(17)7-13/h3-4,7,12,18-19H,1,5-6,8-10H2,2H3.